The van der Waals surface area contributed by atoms with Crippen LogP contribution in [0.4, 0.5) is 5.69 Å². The summed E-state index contributed by atoms with van der Waals surface area (Å²) in [5, 5.41) is 2.80. The van der Waals surface area contributed by atoms with Crippen molar-refractivity contribution >= 4 is 28.8 Å². The summed E-state index contributed by atoms with van der Waals surface area (Å²) < 4.78 is 5.10. The first-order valence-electron chi connectivity index (χ1n) is 5.96. The molecule has 0 unspecified atom stereocenters. The maximum Gasteiger partial charge on any atom is 0.255 e. The van der Waals surface area contributed by atoms with Crippen molar-refractivity contribution < 1.29 is 9.53 Å². The Kier molecular flexibility index (Phi) is 4.32. The minimum Gasteiger partial charge on any atom is -0.497 e. The Morgan fingerprint density at radius 2 is 1.95 bits per heavy atom. The number of nitrogens with two attached hydrogens (primary N) is 1. The summed E-state index contributed by atoms with van der Waals surface area (Å²) in [4.78, 5) is 12.4. The van der Waals surface area contributed by atoms with Gasteiger partial charge in [0.25, 0.3) is 5.91 Å². The number of para-hydroxylation sites is 1. The quantitative estimate of drug-likeness (QED) is 0.848. The number of hydrogen-bond acceptors (Lipinski definition) is 3. The number of benzene rings is 2. The number of methoxy groups -OCH3 is 1. The van der Waals surface area contributed by atoms with Gasteiger partial charge in [0.1, 0.15) is 10.7 Å². The fraction of sp³-hybridized carbons (Fsp3) is 0.0667. The van der Waals surface area contributed by atoms with Crippen molar-refractivity contribution in [2.75, 3.05) is 12.4 Å². The molecule has 102 valence electrons. The molecule has 0 aliphatic rings. The van der Waals surface area contributed by atoms with Gasteiger partial charge in [0.2, 0.25) is 0 Å². The number of carbonyl (C=O) groups is 1. The van der Waals surface area contributed by atoms with Crippen molar-refractivity contribution in [2.45, 2.75) is 0 Å². The van der Waals surface area contributed by atoms with Crippen LogP contribution in [0, 0.1) is 0 Å². The SMILES string of the molecule is COc1cccc(C(=O)Nc2ccccc2C(N)=S)c1. The fourth-order valence-electron chi connectivity index (χ4n) is 1.77. The Hall–Kier alpha value is -2.40. The number of rotatable bonds is 4. The second kappa shape index (κ2) is 6.16. The lowest BCUT2D eigenvalue weighted by Gasteiger charge is -2.10. The standard InChI is InChI=1S/C15H14N2O2S/c1-19-11-6-4-5-10(9-11)15(18)17-13-8-3-2-7-12(13)14(16)20/h2-9H,1H3,(H2,16,20)(H,17,18). The van der Waals surface area contributed by atoms with E-state index >= 15 is 0 Å². The van der Waals surface area contributed by atoms with Gasteiger partial charge >= 0.3 is 0 Å². The molecule has 0 saturated carbocycles. The number of nitrogens with one attached hydrogen (secondary N) is 1. The first-order valence-corrected chi connectivity index (χ1v) is 6.37. The van der Waals surface area contributed by atoms with Crippen LogP contribution in [-0.4, -0.2) is 18.0 Å². The van der Waals surface area contributed by atoms with Crippen LogP contribution >= 0.6 is 12.2 Å². The van der Waals surface area contributed by atoms with Crippen LogP contribution in [0.25, 0.3) is 0 Å². The molecule has 2 aromatic rings. The highest BCUT2D eigenvalue weighted by atomic mass is 32.1. The van der Waals surface area contributed by atoms with E-state index in [0.29, 0.717) is 22.6 Å². The highest BCUT2D eigenvalue weighted by Crippen LogP contribution is 2.18. The molecule has 0 aromatic heterocycles. The van der Waals surface area contributed by atoms with Crippen LogP contribution in [0.1, 0.15) is 15.9 Å². The number of ether oxygens (including phenoxy) is 1. The molecule has 2 rings (SSSR count). The van der Waals surface area contributed by atoms with E-state index in [9.17, 15) is 4.79 Å². The fourth-order valence-corrected chi connectivity index (χ4v) is 1.94. The van der Waals surface area contributed by atoms with Gasteiger partial charge in [0.05, 0.1) is 12.8 Å². The molecular formula is C15H14N2O2S. The maximum atomic E-state index is 12.2. The molecule has 5 heteroatoms. The van der Waals surface area contributed by atoms with E-state index in [2.05, 4.69) is 5.32 Å². The van der Waals surface area contributed by atoms with E-state index in [1.165, 1.54) is 0 Å². The van der Waals surface area contributed by atoms with Gasteiger partial charge in [0.15, 0.2) is 0 Å². The van der Waals surface area contributed by atoms with E-state index in [0.717, 1.165) is 0 Å². The zero-order valence-corrected chi connectivity index (χ0v) is 11.7. The monoisotopic (exact) mass is 286 g/mol. The smallest absolute Gasteiger partial charge is 0.255 e. The van der Waals surface area contributed by atoms with Gasteiger partial charge in [-0.2, -0.15) is 0 Å². The molecule has 0 bridgehead atoms. The average molecular weight is 286 g/mol. The molecule has 3 N–H and O–H groups in total. The van der Waals surface area contributed by atoms with Crippen LogP contribution in [0.15, 0.2) is 48.5 Å². The predicted octanol–water partition coefficient (Wildman–Crippen LogP) is 2.58. The molecule has 0 aliphatic carbocycles. The van der Waals surface area contributed by atoms with E-state index in [1.54, 1.807) is 43.5 Å². The third-order valence-electron chi connectivity index (χ3n) is 2.77. The van der Waals surface area contributed by atoms with Crippen molar-refractivity contribution in [1.82, 2.24) is 0 Å². The molecule has 0 heterocycles. The molecule has 0 spiro atoms. The van der Waals surface area contributed by atoms with Gasteiger partial charge in [-0.15, -0.1) is 0 Å². The number of thiocarbonyl (C=S) groups is 1. The molecule has 0 aliphatic heterocycles. The summed E-state index contributed by atoms with van der Waals surface area (Å²) >= 11 is 4.97. The largest absolute Gasteiger partial charge is 0.497 e. The lowest BCUT2D eigenvalue weighted by molar-refractivity contribution is 0.102. The first kappa shape index (κ1) is 14.0. The second-order valence-electron chi connectivity index (χ2n) is 4.10. The van der Waals surface area contributed by atoms with Crippen LogP contribution in [0.2, 0.25) is 0 Å². The molecule has 0 fully saturated rings. The van der Waals surface area contributed by atoms with Gasteiger partial charge < -0.3 is 15.8 Å². The summed E-state index contributed by atoms with van der Waals surface area (Å²) in [6, 6.07) is 14.1. The van der Waals surface area contributed by atoms with Crippen molar-refractivity contribution in [2.24, 2.45) is 5.73 Å². The summed E-state index contributed by atoms with van der Waals surface area (Å²) in [5.41, 5.74) is 7.36. The average Bonchev–Trinajstić information content (AvgIpc) is 2.47. The van der Waals surface area contributed by atoms with Crippen molar-refractivity contribution in [3.63, 3.8) is 0 Å². The topological polar surface area (TPSA) is 64.3 Å². The minimum absolute atomic E-state index is 0.242. The Labute approximate surface area is 122 Å². The summed E-state index contributed by atoms with van der Waals surface area (Å²) in [7, 11) is 1.55. The van der Waals surface area contributed by atoms with Gasteiger partial charge in [0, 0.05) is 11.1 Å². The molecule has 1 amide bonds. The van der Waals surface area contributed by atoms with Crippen molar-refractivity contribution in [1.29, 1.82) is 0 Å². The molecule has 0 saturated heterocycles. The number of hydrogen-bond donors (Lipinski definition) is 2. The zero-order chi connectivity index (χ0) is 14.5. The zero-order valence-electron chi connectivity index (χ0n) is 10.9. The summed E-state index contributed by atoms with van der Waals surface area (Å²) in [6.45, 7) is 0. The van der Waals surface area contributed by atoms with Crippen LogP contribution < -0.4 is 15.8 Å². The number of amides is 1. The summed E-state index contributed by atoms with van der Waals surface area (Å²) in [5.74, 6) is 0.382. The highest BCUT2D eigenvalue weighted by molar-refractivity contribution is 7.80. The molecular weight excluding hydrogens is 272 g/mol. The first-order chi connectivity index (χ1) is 9.61. The van der Waals surface area contributed by atoms with Gasteiger partial charge in [-0.1, -0.05) is 30.4 Å². The number of carbonyl (C=O) groups excluding carboxylic acids is 1. The lowest BCUT2D eigenvalue weighted by Crippen LogP contribution is -2.17. The van der Waals surface area contributed by atoms with E-state index in [-0.39, 0.29) is 10.9 Å². The molecule has 0 atom stereocenters. The number of anilines is 1. The lowest BCUT2D eigenvalue weighted by atomic mass is 10.1. The maximum absolute atomic E-state index is 12.2. The third-order valence-corrected chi connectivity index (χ3v) is 2.99. The summed E-state index contributed by atoms with van der Waals surface area (Å²) in [6.07, 6.45) is 0. The second-order valence-corrected chi connectivity index (χ2v) is 4.54. The van der Waals surface area contributed by atoms with Gasteiger partial charge in [-0.25, -0.2) is 0 Å². The minimum atomic E-state index is -0.243. The highest BCUT2D eigenvalue weighted by Gasteiger charge is 2.10. The predicted molar refractivity (Wildman–Crippen MR) is 83.3 cm³/mol. The molecule has 4 nitrogen and oxygen atoms in total. The third kappa shape index (κ3) is 3.13. The van der Waals surface area contributed by atoms with Crippen LogP contribution in [-0.2, 0) is 0 Å². The van der Waals surface area contributed by atoms with Gasteiger partial charge in [-0.05, 0) is 30.3 Å². The Bertz CT molecular complexity index is 656. The molecule has 2 aromatic carbocycles. The van der Waals surface area contributed by atoms with Crippen LogP contribution in [0.3, 0.4) is 0 Å². The molecule has 20 heavy (non-hydrogen) atoms. The Balaban J connectivity index is 2.25. The Morgan fingerprint density at radius 3 is 2.65 bits per heavy atom. The van der Waals surface area contributed by atoms with Gasteiger partial charge in [-0.3, -0.25) is 4.79 Å². The van der Waals surface area contributed by atoms with E-state index in [1.807, 2.05) is 12.1 Å². The normalized spacial score (nSPS) is 9.85. The Morgan fingerprint density at radius 1 is 1.20 bits per heavy atom. The van der Waals surface area contributed by atoms with E-state index in [4.69, 9.17) is 22.7 Å². The molecule has 0 radical (unpaired) electrons. The van der Waals surface area contributed by atoms with Crippen molar-refractivity contribution in [3.8, 4) is 5.75 Å². The van der Waals surface area contributed by atoms with Crippen LogP contribution in [0.5, 0.6) is 5.75 Å². The van der Waals surface area contributed by atoms with E-state index < -0.39 is 0 Å². The van der Waals surface area contributed by atoms with Crippen molar-refractivity contribution in [3.05, 3.63) is 59.7 Å².